The lowest BCUT2D eigenvalue weighted by Gasteiger charge is -2.34. The second-order valence-corrected chi connectivity index (χ2v) is 7.02. The van der Waals surface area contributed by atoms with Gasteiger partial charge in [-0.3, -0.25) is 4.79 Å². The van der Waals surface area contributed by atoms with Crippen LogP contribution in [0.1, 0.15) is 35.3 Å². The van der Waals surface area contributed by atoms with Crippen LogP contribution in [0, 0.1) is 0 Å². The molecule has 1 aliphatic rings. The van der Waals surface area contributed by atoms with Gasteiger partial charge in [-0.2, -0.15) is 26.3 Å². The average Bonchev–Trinajstić information content (AvgIpc) is 2.70. The van der Waals surface area contributed by atoms with Crippen molar-refractivity contribution < 1.29 is 40.6 Å². The van der Waals surface area contributed by atoms with Gasteiger partial charge in [0.25, 0.3) is 5.91 Å². The molecule has 2 aromatic rings. The van der Waals surface area contributed by atoms with E-state index >= 15 is 0 Å². The highest BCUT2D eigenvalue weighted by molar-refractivity contribution is 5.80. The van der Waals surface area contributed by atoms with Gasteiger partial charge in [-0.15, -0.1) is 0 Å². The van der Waals surface area contributed by atoms with Crippen LogP contribution in [0.5, 0.6) is 0 Å². The van der Waals surface area contributed by atoms with Gasteiger partial charge in [-0.25, -0.2) is 0 Å². The van der Waals surface area contributed by atoms with E-state index in [1.54, 1.807) is 12.1 Å². The van der Waals surface area contributed by atoms with Crippen molar-refractivity contribution in [2.24, 2.45) is 0 Å². The van der Waals surface area contributed by atoms with Crippen LogP contribution in [0.4, 0.5) is 26.3 Å². The third-order valence-corrected chi connectivity index (χ3v) is 4.81. The number of alkyl halides is 6. The minimum Gasteiger partial charge on any atom is -0.343 e. The molecule has 0 spiro atoms. The number of carbonyl (C=O) groups excluding carboxylic acids is 1. The van der Waals surface area contributed by atoms with Crippen LogP contribution in [0.2, 0.25) is 0 Å². The molecular weight excluding hydrogens is 428 g/mol. The molecule has 4 nitrogen and oxygen atoms in total. The molecule has 1 aliphatic heterocycles. The smallest absolute Gasteiger partial charge is 0.343 e. The third-order valence-electron chi connectivity index (χ3n) is 4.81. The first kappa shape index (κ1) is 23.1. The first-order chi connectivity index (χ1) is 14.5. The van der Waals surface area contributed by atoms with Crippen molar-refractivity contribution >= 4 is 5.91 Å². The summed E-state index contributed by atoms with van der Waals surface area (Å²) in [6.07, 6.45) is -12.8. The Bertz CT molecular complexity index is 914. The molecule has 31 heavy (non-hydrogen) atoms. The fourth-order valence-corrected chi connectivity index (χ4v) is 3.25. The van der Waals surface area contributed by atoms with Gasteiger partial charge in [-0.05, 0) is 30.2 Å². The van der Waals surface area contributed by atoms with E-state index in [4.69, 9.17) is 9.47 Å². The Hall–Kier alpha value is -2.59. The van der Waals surface area contributed by atoms with E-state index in [-0.39, 0.29) is 25.8 Å². The minimum absolute atomic E-state index is 0.0421. The van der Waals surface area contributed by atoms with E-state index < -0.39 is 47.3 Å². The van der Waals surface area contributed by atoms with Crippen LogP contribution in [0.3, 0.4) is 0 Å². The molecule has 1 heterocycles. The molecule has 2 atom stereocenters. The number of amides is 1. The van der Waals surface area contributed by atoms with Crippen molar-refractivity contribution in [3.05, 3.63) is 70.8 Å². The summed E-state index contributed by atoms with van der Waals surface area (Å²) < 4.78 is 89.5. The van der Waals surface area contributed by atoms with Crippen molar-refractivity contribution in [1.29, 1.82) is 0 Å². The van der Waals surface area contributed by atoms with Crippen molar-refractivity contribution in [3.63, 3.8) is 0 Å². The monoisotopic (exact) mass is 447 g/mol. The number of hydrogen-bond acceptors (Lipinski definition) is 3. The van der Waals surface area contributed by atoms with Crippen molar-refractivity contribution in [2.75, 3.05) is 13.2 Å². The van der Waals surface area contributed by atoms with E-state index in [1.165, 1.54) is 11.8 Å². The van der Waals surface area contributed by atoms with Crippen LogP contribution in [-0.4, -0.2) is 30.2 Å². The number of hydrogen-bond donors (Lipinski definition) is 0. The molecule has 2 aromatic carbocycles. The topological polar surface area (TPSA) is 38.8 Å². The molecule has 168 valence electrons. The third kappa shape index (κ3) is 5.56. The molecule has 0 aliphatic carbocycles. The van der Waals surface area contributed by atoms with E-state index in [2.05, 4.69) is 0 Å². The largest absolute Gasteiger partial charge is 0.416 e. The molecule has 0 bridgehead atoms. The molecule has 0 aromatic heterocycles. The molecule has 1 saturated heterocycles. The first-order valence-corrected chi connectivity index (χ1v) is 9.35. The Balaban J connectivity index is 1.78. The molecule has 3 rings (SSSR count). The summed E-state index contributed by atoms with van der Waals surface area (Å²) in [5.74, 6) is -0.567. The summed E-state index contributed by atoms with van der Waals surface area (Å²) in [7, 11) is 0. The Morgan fingerprint density at radius 1 is 1.06 bits per heavy atom. The lowest BCUT2D eigenvalue weighted by Crippen LogP contribution is -2.48. The van der Waals surface area contributed by atoms with Crippen LogP contribution < -0.4 is 0 Å². The number of ether oxygens (including phenoxy) is 2. The fourth-order valence-electron chi connectivity index (χ4n) is 3.25. The molecule has 1 fully saturated rings. The van der Waals surface area contributed by atoms with E-state index in [9.17, 15) is 31.1 Å². The van der Waals surface area contributed by atoms with Gasteiger partial charge in [0, 0.05) is 13.1 Å². The lowest BCUT2D eigenvalue weighted by molar-refractivity contribution is -0.210. The number of nitrogens with zero attached hydrogens (tertiary/aromatic N) is 1. The van der Waals surface area contributed by atoms with Gasteiger partial charge < -0.3 is 14.4 Å². The summed E-state index contributed by atoms with van der Waals surface area (Å²) in [5.41, 5.74) is -2.56. The molecule has 1 amide bonds. The predicted octanol–water partition coefficient (Wildman–Crippen LogP) is 5.19. The quantitative estimate of drug-likeness (QED) is 0.593. The molecular formula is C21H19F6NO3. The van der Waals surface area contributed by atoms with Gasteiger partial charge in [-0.1, -0.05) is 36.4 Å². The summed E-state index contributed by atoms with van der Waals surface area (Å²) in [4.78, 5) is 14.1. The van der Waals surface area contributed by atoms with Crippen molar-refractivity contribution in [3.8, 4) is 0 Å². The second-order valence-electron chi connectivity index (χ2n) is 7.02. The van der Waals surface area contributed by atoms with Gasteiger partial charge in [0.05, 0.1) is 23.8 Å². The van der Waals surface area contributed by atoms with E-state index in [0.717, 1.165) is 5.56 Å². The van der Waals surface area contributed by atoms with Gasteiger partial charge >= 0.3 is 12.4 Å². The molecule has 10 heteroatoms. The van der Waals surface area contributed by atoms with E-state index in [1.807, 2.05) is 18.2 Å². The SMILES string of the molecule is C[C@H](O[C@H]1OCCN(Cc2ccccc2)C1=O)c1ccc(C(F)(F)F)cc1C(F)(F)F. The Labute approximate surface area is 174 Å². The first-order valence-electron chi connectivity index (χ1n) is 9.35. The van der Waals surface area contributed by atoms with Crippen LogP contribution in [0.15, 0.2) is 48.5 Å². The zero-order chi connectivity index (χ0) is 22.8. The Kier molecular flexibility index (Phi) is 6.61. The Morgan fingerprint density at radius 2 is 1.74 bits per heavy atom. The van der Waals surface area contributed by atoms with Crippen molar-refractivity contribution in [2.45, 2.75) is 38.2 Å². The maximum atomic E-state index is 13.4. The van der Waals surface area contributed by atoms with Gasteiger partial charge in [0.1, 0.15) is 0 Å². The van der Waals surface area contributed by atoms with Crippen LogP contribution >= 0.6 is 0 Å². The van der Waals surface area contributed by atoms with Crippen LogP contribution in [-0.2, 0) is 33.2 Å². The number of benzene rings is 2. The summed E-state index contributed by atoms with van der Waals surface area (Å²) in [6.45, 7) is 1.88. The Morgan fingerprint density at radius 3 is 2.35 bits per heavy atom. The minimum atomic E-state index is -5.04. The van der Waals surface area contributed by atoms with Crippen molar-refractivity contribution in [1.82, 2.24) is 4.90 Å². The highest BCUT2D eigenvalue weighted by atomic mass is 19.4. The highest BCUT2D eigenvalue weighted by Gasteiger charge is 2.40. The zero-order valence-electron chi connectivity index (χ0n) is 16.3. The summed E-state index contributed by atoms with van der Waals surface area (Å²) in [6, 6.07) is 10.4. The number of halogens is 6. The molecule has 0 radical (unpaired) electrons. The maximum absolute atomic E-state index is 13.4. The molecule has 0 saturated carbocycles. The highest BCUT2D eigenvalue weighted by Crippen LogP contribution is 2.40. The summed E-state index contributed by atoms with van der Waals surface area (Å²) >= 11 is 0. The predicted molar refractivity (Wildman–Crippen MR) is 97.5 cm³/mol. The van der Waals surface area contributed by atoms with Crippen LogP contribution in [0.25, 0.3) is 0 Å². The van der Waals surface area contributed by atoms with E-state index in [0.29, 0.717) is 12.1 Å². The lowest BCUT2D eigenvalue weighted by atomic mass is 9.99. The number of rotatable bonds is 5. The normalized spacial score (nSPS) is 18.9. The second kappa shape index (κ2) is 8.88. The maximum Gasteiger partial charge on any atom is 0.416 e. The number of carbonyl (C=O) groups is 1. The zero-order valence-corrected chi connectivity index (χ0v) is 16.3. The van der Waals surface area contributed by atoms with Gasteiger partial charge in [0.15, 0.2) is 0 Å². The number of morpholine rings is 1. The fraction of sp³-hybridized carbons (Fsp3) is 0.381. The molecule has 0 unspecified atom stereocenters. The molecule has 0 N–H and O–H groups in total. The summed E-state index contributed by atoms with van der Waals surface area (Å²) in [5, 5.41) is 0. The standard InChI is InChI=1S/C21H19F6NO3/c1-13(16-8-7-15(20(22,23)24)11-17(16)21(25,26)27)31-19-18(29)28(9-10-30-19)12-14-5-3-2-4-6-14/h2-8,11,13,19H,9-10,12H2,1H3/t13-,19+/m0/s1. The average molecular weight is 447 g/mol. The van der Waals surface area contributed by atoms with Gasteiger partial charge in [0.2, 0.25) is 6.29 Å².